The molecule has 4 nitrogen and oxygen atoms in total. The van der Waals surface area contributed by atoms with Crippen LogP contribution in [0.1, 0.15) is 28.4 Å². The molecule has 1 atom stereocenters. The van der Waals surface area contributed by atoms with E-state index in [0.29, 0.717) is 22.3 Å². The number of hydrogen-bond acceptors (Lipinski definition) is 3. The van der Waals surface area contributed by atoms with Gasteiger partial charge in [0.25, 0.3) is 5.91 Å². The zero-order valence-electron chi connectivity index (χ0n) is 16.2. The first kappa shape index (κ1) is 17.4. The molecule has 0 bridgehead atoms. The van der Waals surface area contributed by atoms with Crippen LogP contribution < -0.4 is 4.90 Å². The Labute approximate surface area is 168 Å². The van der Waals surface area contributed by atoms with E-state index < -0.39 is 12.1 Å². The van der Waals surface area contributed by atoms with Crippen molar-refractivity contribution < 1.29 is 14.3 Å². The largest absolute Gasteiger partial charge is 0.449 e. The van der Waals surface area contributed by atoms with Crippen LogP contribution in [0.4, 0.5) is 5.69 Å². The van der Waals surface area contributed by atoms with Crippen LogP contribution in [0.2, 0.25) is 0 Å². The van der Waals surface area contributed by atoms with Crippen molar-refractivity contribution in [3.63, 3.8) is 0 Å². The van der Waals surface area contributed by atoms with Crippen molar-refractivity contribution in [2.24, 2.45) is 0 Å². The number of rotatable bonds is 1. The Morgan fingerprint density at radius 2 is 1.69 bits per heavy atom. The number of fused-ring (bicyclic) bond motifs is 4. The average molecular weight is 381 g/mol. The van der Waals surface area contributed by atoms with Crippen LogP contribution in [0.3, 0.4) is 0 Å². The Bertz CT molecular complexity index is 1270. The van der Waals surface area contributed by atoms with Gasteiger partial charge in [-0.15, -0.1) is 0 Å². The highest BCUT2D eigenvalue weighted by atomic mass is 16.5. The predicted molar refractivity (Wildman–Crippen MR) is 115 cm³/mol. The van der Waals surface area contributed by atoms with E-state index in [2.05, 4.69) is 6.58 Å². The Kier molecular flexibility index (Phi) is 3.71. The number of carbonyl (C=O) groups is 2. The van der Waals surface area contributed by atoms with Gasteiger partial charge in [0.15, 0.2) is 0 Å². The molecule has 0 saturated carbocycles. The van der Waals surface area contributed by atoms with E-state index in [1.54, 1.807) is 18.0 Å². The summed E-state index contributed by atoms with van der Waals surface area (Å²) in [6.07, 6.45) is -0.681. The van der Waals surface area contributed by atoms with Crippen molar-refractivity contribution >= 4 is 39.5 Å². The third-order valence-electron chi connectivity index (χ3n) is 5.68. The molecule has 2 heterocycles. The summed E-state index contributed by atoms with van der Waals surface area (Å²) in [6.45, 7) is 5.87. The Balaban J connectivity index is 1.96. The molecular weight excluding hydrogens is 362 g/mol. The van der Waals surface area contributed by atoms with Gasteiger partial charge in [-0.1, -0.05) is 55.1 Å². The van der Waals surface area contributed by atoms with Gasteiger partial charge in [-0.05, 0) is 35.4 Å². The second-order valence-electron chi connectivity index (χ2n) is 7.51. The molecule has 0 saturated heterocycles. The van der Waals surface area contributed by atoms with E-state index in [1.165, 1.54) is 0 Å². The number of ether oxygens (including phenoxy) is 1. The maximum atomic E-state index is 13.4. The van der Waals surface area contributed by atoms with E-state index in [0.717, 1.165) is 27.6 Å². The van der Waals surface area contributed by atoms with Gasteiger partial charge < -0.3 is 9.64 Å². The highest BCUT2D eigenvalue weighted by Crippen LogP contribution is 2.46. The third kappa shape index (κ3) is 2.39. The molecule has 3 aromatic carbocycles. The van der Waals surface area contributed by atoms with Gasteiger partial charge in [0.05, 0.1) is 16.8 Å². The lowest BCUT2D eigenvalue weighted by Gasteiger charge is -2.30. The van der Waals surface area contributed by atoms with Gasteiger partial charge in [-0.2, -0.15) is 0 Å². The fourth-order valence-corrected chi connectivity index (χ4v) is 4.33. The molecule has 2 aliphatic heterocycles. The molecular formula is C25H19NO3. The van der Waals surface area contributed by atoms with E-state index >= 15 is 0 Å². The molecule has 5 rings (SSSR count). The zero-order valence-corrected chi connectivity index (χ0v) is 16.2. The number of benzene rings is 3. The number of likely N-dealkylation sites (N-methyl/N-ethyl adjacent to an activating group) is 1. The number of cyclic esters (lactones) is 1. The minimum Gasteiger partial charge on any atom is -0.449 e. The Morgan fingerprint density at radius 3 is 2.48 bits per heavy atom. The standard InChI is InChI=1S/C25H19NO3/c1-14(2)23-22(21-17-10-6-7-11-19(17)26(3)24(21)27)20-16-9-5-4-8-15(16)12-13-18(20)25(28)29-23/h4-13,23H,1H2,2-3H3/b22-21-. The summed E-state index contributed by atoms with van der Waals surface area (Å²) >= 11 is 0. The third-order valence-corrected chi connectivity index (χ3v) is 5.68. The summed E-state index contributed by atoms with van der Waals surface area (Å²) in [5.41, 5.74) is 4.90. The summed E-state index contributed by atoms with van der Waals surface area (Å²) in [4.78, 5) is 27.8. The first-order valence-corrected chi connectivity index (χ1v) is 9.49. The number of hydrogen-bond donors (Lipinski definition) is 0. The van der Waals surface area contributed by atoms with Crippen molar-refractivity contribution in [1.29, 1.82) is 0 Å². The van der Waals surface area contributed by atoms with Gasteiger partial charge in [-0.25, -0.2) is 4.79 Å². The van der Waals surface area contributed by atoms with E-state index in [4.69, 9.17) is 4.74 Å². The fourth-order valence-electron chi connectivity index (χ4n) is 4.33. The highest BCUT2D eigenvalue weighted by Gasteiger charge is 2.40. The summed E-state index contributed by atoms with van der Waals surface area (Å²) in [5, 5.41) is 1.93. The topological polar surface area (TPSA) is 46.6 Å². The molecule has 0 fully saturated rings. The van der Waals surface area contributed by atoms with Gasteiger partial charge >= 0.3 is 5.97 Å². The number of anilines is 1. The Morgan fingerprint density at radius 1 is 0.966 bits per heavy atom. The van der Waals surface area contributed by atoms with Crippen molar-refractivity contribution in [1.82, 2.24) is 0 Å². The van der Waals surface area contributed by atoms with Crippen LogP contribution in [-0.2, 0) is 9.53 Å². The molecule has 29 heavy (non-hydrogen) atoms. The second-order valence-corrected chi connectivity index (χ2v) is 7.51. The molecule has 142 valence electrons. The van der Waals surface area contributed by atoms with Gasteiger partial charge in [0.2, 0.25) is 0 Å². The minimum atomic E-state index is -0.681. The average Bonchev–Trinajstić information content (AvgIpc) is 2.98. The molecule has 3 aromatic rings. The first-order chi connectivity index (χ1) is 14.0. The van der Waals surface area contributed by atoms with Crippen LogP contribution >= 0.6 is 0 Å². The van der Waals surface area contributed by atoms with Crippen molar-refractivity contribution in [3.05, 3.63) is 89.5 Å². The molecule has 4 heteroatoms. The van der Waals surface area contributed by atoms with Gasteiger partial charge in [0, 0.05) is 23.7 Å². The molecule has 0 radical (unpaired) electrons. The van der Waals surface area contributed by atoms with E-state index in [1.807, 2.05) is 61.5 Å². The second kappa shape index (κ2) is 6.17. The highest BCUT2D eigenvalue weighted by molar-refractivity contribution is 6.39. The lowest BCUT2D eigenvalue weighted by molar-refractivity contribution is -0.112. The number of amides is 1. The van der Waals surface area contributed by atoms with Crippen molar-refractivity contribution in [2.75, 3.05) is 11.9 Å². The maximum absolute atomic E-state index is 13.4. The quantitative estimate of drug-likeness (QED) is 0.344. The molecule has 0 N–H and O–H groups in total. The van der Waals surface area contributed by atoms with Crippen LogP contribution in [0, 0.1) is 0 Å². The predicted octanol–water partition coefficient (Wildman–Crippen LogP) is 4.84. The summed E-state index contributed by atoms with van der Waals surface area (Å²) < 4.78 is 5.78. The SMILES string of the molecule is C=C(C)C1OC(=O)c2ccc3ccccc3c2/C1=C1/C(=O)N(C)c2ccccc21. The monoisotopic (exact) mass is 381 g/mol. The summed E-state index contributed by atoms with van der Waals surface area (Å²) in [7, 11) is 1.77. The first-order valence-electron chi connectivity index (χ1n) is 9.49. The zero-order chi connectivity index (χ0) is 20.3. The molecule has 0 aromatic heterocycles. The van der Waals surface area contributed by atoms with Gasteiger partial charge in [0.1, 0.15) is 6.10 Å². The van der Waals surface area contributed by atoms with Crippen molar-refractivity contribution in [2.45, 2.75) is 13.0 Å². The Hall–Kier alpha value is -3.66. The van der Waals surface area contributed by atoms with Crippen LogP contribution in [0.15, 0.2) is 72.8 Å². The lowest BCUT2D eigenvalue weighted by Crippen LogP contribution is -2.30. The molecule has 2 aliphatic rings. The van der Waals surface area contributed by atoms with Crippen LogP contribution in [0.25, 0.3) is 21.9 Å². The summed E-state index contributed by atoms with van der Waals surface area (Å²) in [5.74, 6) is -0.500. The van der Waals surface area contributed by atoms with Gasteiger partial charge in [-0.3, -0.25) is 4.79 Å². The molecule has 1 amide bonds. The number of para-hydroxylation sites is 1. The normalized spacial score (nSPS) is 20.5. The van der Waals surface area contributed by atoms with E-state index in [9.17, 15) is 9.59 Å². The number of esters is 1. The van der Waals surface area contributed by atoms with E-state index in [-0.39, 0.29) is 5.91 Å². The smallest absolute Gasteiger partial charge is 0.339 e. The molecule has 0 aliphatic carbocycles. The van der Waals surface area contributed by atoms with Crippen LogP contribution in [0.5, 0.6) is 0 Å². The van der Waals surface area contributed by atoms with Crippen LogP contribution in [-0.4, -0.2) is 25.0 Å². The number of nitrogens with zero attached hydrogens (tertiary/aromatic N) is 1. The maximum Gasteiger partial charge on any atom is 0.339 e. The number of carbonyl (C=O) groups excluding carboxylic acids is 2. The molecule has 0 spiro atoms. The molecule has 1 unspecified atom stereocenters. The minimum absolute atomic E-state index is 0.107. The van der Waals surface area contributed by atoms with Crippen molar-refractivity contribution in [3.8, 4) is 0 Å². The summed E-state index contributed by atoms with van der Waals surface area (Å²) in [6, 6.07) is 19.3. The fraction of sp³-hybridized carbons (Fsp3) is 0.120. The lowest BCUT2D eigenvalue weighted by atomic mass is 9.82.